The van der Waals surface area contributed by atoms with Crippen molar-refractivity contribution in [1.82, 2.24) is 20.6 Å². The Balaban J connectivity index is 1.52. The van der Waals surface area contributed by atoms with Crippen LogP contribution in [0, 0.1) is 5.92 Å². The Morgan fingerprint density at radius 3 is 2.83 bits per heavy atom. The number of benzene rings is 1. The Kier molecular flexibility index (Phi) is 4.47. The van der Waals surface area contributed by atoms with Crippen molar-refractivity contribution in [2.75, 3.05) is 20.2 Å². The fourth-order valence-corrected chi connectivity index (χ4v) is 4.28. The Labute approximate surface area is 169 Å². The summed E-state index contributed by atoms with van der Waals surface area (Å²) in [6, 6.07) is 10.2. The maximum atomic E-state index is 10.8. The molecule has 0 spiro atoms. The highest BCUT2D eigenvalue weighted by atomic mass is 16.5. The molecule has 0 saturated carbocycles. The molecule has 1 aliphatic heterocycles. The van der Waals surface area contributed by atoms with Crippen LogP contribution in [0.5, 0.6) is 5.75 Å². The van der Waals surface area contributed by atoms with E-state index in [9.17, 15) is 5.11 Å². The van der Waals surface area contributed by atoms with Gasteiger partial charge in [0.2, 0.25) is 0 Å². The van der Waals surface area contributed by atoms with Crippen molar-refractivity contribution in [2.45, 2.75) is 12.3 Å². The molecule has 2 aromatic heterocycles. The van der Waals surface area contributed by atoms with E-state index in [1.54, 1.807) is 7.11 Å². The topological polar surface area (TPSA) is 82.2 Å². The van der Waals surface area contributed by atoms with Crippen LogP contribution in [0.1, 0.15) is 12.0 Å². The molecule has 1 aliphatic carbocycles. The van der Waals surface area contributed by atoms with E-state index >= 15 is 0 Å². The molecule has 1 atom stereocenters. The number of fused-ring (bicyclic) bond motifs is 1. The van der Waals surface area contributed by atoms with Gasteiger partial charge in [0.25, 0.3) is 0 Å². The number of rotatable bonds is 4. The van der Waals surface area contributed by atoms with Gasteiger partial charge in [0.15, 0.2) is 5.85 Å². The molecular weight excluding hydrogens is 364 g/mol. The van der Waals surface area contributed by atoms with Crippen LogP contribution in [0.4, 0.5) is 0 Å². The van der Waals surface area contributed by atoms with Crippen molar-refractivity contribution in [2.24, 2.45) is 5.92 Å². The van der Waals surface area contributed by atoms with Gasteiger partial charge in [-0.25, -0.2) is 4.98 Å². The smallest absolute Gasteiger partial charge is 0.178 e. The van der Waals surface area contributed by atoms with Gasteiger partial charge in [-0.15, -0.1) is 0 Å². The lowest BCUT2D eigenvalue weighted by molar-refractivity contribution is -0.0351. The molecule has 0 bridgehead atoms. The van der Waals surface area contributed by atoms with Gasteiger partial charge < -0.3 is 14.8 Å². The summed E-state index contributed by atoms with van der Waals surface area (Å²) >= 11 is 0. The third kappa shape index (κ3) is 3.15. The van der Waals surface area contributed by atoms with Crippen LogP contribution in [-0.4, -0.2) is 41.1 Å². The number of H-pyrrole nitrogens is 1. The fourth-order valence-electron chi connectivity index (χ4n) is 4.28. The molecule has 0 amide bonds. The quantitative estimate of drug-likeness (QED) is 0.552. The molecule has 3 heterocycles. The van der Waals surface area contributed by atoms with E-state index < -0.39 is 5.85 Å². The molecule has 0 unspecified atom stereocenters. The van der Waals surface area contributed by atoms with Gasteiger partial charge in [-0.1, -0.05) is 36.4 Å². The first-order chi connectivity index (χ1) is 14.2. The minimum atomic E-state index is -1.05. The Hall–Kier alpha value is -2.93. The average molecular weight is 388 g/mol. The first-order valence-corrected chi connectivity index (χ1v) is 9.88. The predicted molar refractivity (Wildman–Crippen MR) is 114 cm³/mol. The molecule has 148 valence electrons. The van der Waals surface area contributed by atoms with Crippen LogP contribution in [-0.2, 0) is 0 Å². The van der Waals surface area contributed by atoms with Crippen molar-refractivity contribution in [3.05, 3.63) is 66.5 Å². The van der Waals surface area contributed by atoms with Gasteiger partial charge in [0.1, 0.15) is 11.4 Å². The molecule has 2 aliphatic rings. The molecule has 1 fully saturated rings. The highest BCUT2D eigenvalue weighted by molar-refractivity contribution is 5.96. The average Bonchev–Trinajstić information content (AvgIpc) is 3.40. The van der Waals surface area contributed by atoms with Crippen molar-refractivity contribution in [3.8, 4) is 16.9 Å². The lowest BCUT2D eigenvalue weighted by Gasteiger charge is -2.33. The highest BCUT2D eigenvalue weighted by Crippen LogP contribution is 2.37. The van der Waals surface area contributed by atoms with Gasteiger partial charge in [-0.05, 0) is 29.7 Å². The van der Waals surface area contributed by atoms with E-state index in [1.165, 1.54) is 0 Å². The number of hydrogen-bond donors (Lipinski definition) is 4. The van der Waals surface area contributed by atoms with Crippen LogP contribution < -0.4 is 15.4 Å². The van der Waals surface area contributed by atoms with Gasteiger partial charge >= 0.3 is 0 Å². The number of allylic oxidation sites excluding steroid dienone is 3. The van der Waals surface area contributed by atoms with Crippen molar-refractivity contribution >= 4 is 16.6 Å². The summed E-state index contributed by atoms with van der Waals surface area (Å²) in [5.74, 6) is -0.260. The summed E-state index contributed by atoms with van der Waals surface area (Å²) in [5, 5.41) is 18.2. The third-order valence-corrected chi connectivity index (χ3v) is 5.83. The fraction of sp³-hybridized carbons (Fsp3) is 0.261. The maximum absolute atomic E-state index is 10.8. The van der Waals surface area contributed by atoms with E-state index in [0.29, 0.717) is 0 Å². The second kappa shape index (κ2) is 7.15. The number of para-hydroxylation sites is 1. The largest absolute Gasteiger partial charge is 0.496 e. The van der Waals surface area contributed by atoms with E-state index in [4.69, 9.17) is 4.74 Å². The normalized spacial score (nSPS) is 20.8. The number of nitrogens with zero attached hydrogens (tertiary/aromatic N) is 1. The molecule has 5 rings (SSSR count). The molecule has 6 nitrogen and oxygen atoms in total. The lowest BCUT2D eigenvalue weighted by atomic mass is 9.87. The first kappa shape index (κ1) is 18.1. The number of aromatic nitrogens is 2. The van der Waals surface area contributed by atoms with Crippen LogP contribution >= 0.6 is 0 Å². The van der Waals surface area contributed by atoms with E-state index in [1.807, 2.05) is 36.7 Å². The van der Waals surface area contributed by atoms with Crippen molar-refractivity contribution in [1.29, 1.82) is 0 Å². The minimum absolute atomic E-state index is 0.0411. The molecule has 3 aromatic rings. The second-order valence-corrected chi connectivity index (χ2v) is 7.53. The van der Waals surface area contributed by atoms with Gasteiger partial charge in [0, 0.05) is 47.9 Å². The van der Waals surface area contributed by atoms with Crippen LogP contribution in [0.25, 0.3) is 27.7 Å². The summed E-state index contributed by atoms with van der Waals surface area (Å²) in [6.45, 7) is 1.53. The Morgan fingerprint density at radius 2 is 2.00 bits per heavy atom. The Morgan fingerprint density at radius 1 is 1.17 bits per heavy atom. The summed E-state index contributed by atoms with van der Waals surface area (Å²) in [5.41, 5.74) is 5.15. The molecule has 29 heavy (non-hydrogen) atoms. The van der Waals surface area contributed by atoms with E-state index in [-0.39, 0.29) is 5.92 Å². The third-order valence-electron chi connectivity index (χ3n) is 5.83. The predicted octanol–water partition coefficient (Wildman–Crippen LogP) is 3.04. The number of methoxy groups -OCH3 is 1. The molecular formula is C23H24N4O2. The number of hydrogen-bond acceptors (Lipinski definition) is 5. The van der Waals surface area contributed by atoms with Gasteiger partial charge in [0.05, 0.1) is 7.11 Å². The van der Waals surface area contributed by atoms with Crippen LogP contribution in [0.3, 0.4) is 0 Å². The van der Waals surface area contributed by atoms with E-state index in [2.05, 4.69) is 44.9 Å². The summed E-state index contributed by atoms with van der Waals surface area (Å²) in [4.78, 5) is 7.91. The first-order valence-electron chi connectivity index (χ1n) is 9.88. The number of ether oxygens (including phenoxy) is 1. The van der Waals surface area contributed by atoms with E-state index in [0.717, 1.165) is 58.6 Å². The minimum Gasteiger partial charge on any atom is -0.496 e. The SMILES string of the molecule is COc1ccccc1-c1c[nH]c2ncc(C3=CC=C[C@H](C4(O)NCCN4)C3)cc12. The zero-order valence-corrected chi connectivity index (χ0v) is 16.3. The Bertz CT molecular complexity index is 1110. The summed E-state index contributed by atoms with van der Waals surface area (Å²) < 4.78 is 5.55. The number of pyridine rings is 1. The molecule has 1 saturated heterocycles. The molecule has 1 aromatic carbocycles. The molecule has 4 N–H and O–H groups in total. The second-order valence-electron chi connectivity index (χ2n) is 7.53. The highest BCUT2D eigenvalue weighted by Gasteiger charge is 2.38. The molecule has 6 heteroatoms. The number of nitrogens with one attached hydrogen (secondary N) is 3. The zero-order valence-electron chi connectivity index (χ0n) is 16.3. The zero-order chi connectivity index (χ0) is 19.8. The van der Waals surface area contributed by atoms with Gasteiger partial charge in [-0.3, -0.25) is 10.6 Å². The van der Waals surface area contributed by atoms with Crippen LogP contribution in [0.15, 0.2) is 61.0 Å². The standard InChI is InChI=1S/C23H24N4O2/c1-29-21-8-3-2-7-18(21)20-14-25-22-19(20)12-16(13-24-22)15-5-4-6-17(11-15)23(28)26-9-10-27-23/h2-8,12-14,17,26-28H,9-11H2,1H3,(H,24,25)/t17-/m0/s1. The summed E-state index contributed by atoms with van der Waals surface area (Å²) in [6.07, 6.45) is 10.8. The maximum Gasteiger partial charge on any atom is 0.178 e. The number of aliphatic hydroxyl groups is 1. The molecule has 0 radical (unpaired) electrons. The monoisotopic (exact) mass is 388 g/mol. The van der Waals surface area contributed by atoms with Crippen molar-refractivity contribution in [3.63, 3.8) is 0 Å². The van der Waals surface area contributed by atoms with Crippen molar-refractivity contribution < 1.29 is 9.84 Å². The van der Waals surface area contributed by atoms with Gasteiger partial charge in [-0.2, -0.15) is 0 Å². The number of aromatic amines is 1. The lowest BCUT2D eigenvalue weighted by Crippen LogP contribution is -2.54. The van der Waals surface area contributed by atoms with Crippen LogP contribution in [0.2, 0.25) is 0 Å². The summed E-state index contributed by atoms with van der Waals surface area (Å²) in [7, 11) is 1.69.